The Labute approximate surface area is 124 Å². The summed E-state index contributed by atoms with van der Waals surface area (Å²) in [4.78, 5) is 0. The van der Waals surface area contributed by atoms with Gasteiger partial charge in [0, 0.05) is 11.4 Å². The van der Waals surface area contributed by atoms with Gasteiger partial charge in [0.15, 0.2) is 0 Å². The van der Waals surface area contributed by atoms with Crippen LogP contribution in [0.3, 0.4) is 0 Å². The van der Waals surface area contributed by atoms with Crippen molar-refractivity contribution in [2.75, 3.05) is 5.32 Å². The van der Waals surface area contributed by atoms with Crippen LogP contribution in [0.1, 0.15) is 20.8 Å². The second-order valence-corrected chi connectivity index (χ2v) is 12.3. The summed E-state index contributed by atoms with van der Waals surface area (Å²) >= 11 is 0. The third kappa shape index (κ3) is 3.13. The van der Waals surface area contributed by atoms with Crippen LogP contribution in [-0.4, -0.2) is 8.07 Å². The molecule has 0 bridgehead atoms. The summed E-state index contributed by atoms with van der Waals surface area (Å²) < 4.78 is 0. The Bertz CT molecular complexity index is 550. The molecule has 0 aliphatic rings. The average Bonchev–Trinajstić information content (AvgIpc) is 2.39. The maximum atomic E-state index is 3.44. The fourth-order valence-corrected chi connectivity index (χ4v) is 3.96. The van der Waals surface area contributed by atoms with Crippen molar-refractivity contribution in [3.63, 3.8) is 0 Å². The third-order valence-corrected chi connectivity index (χ3v) is 10.1. The SMILES string of the molecule is CC(C)(C)[Si](C)(C)c1ccc(Nc2ccccc2)cc1. The van der Waals surface area contributed by atoms with Crippen LogP contribution in [0.15, 0.2) is 54.6 Å². The van der Waals surface area contributed by atoms with E-state index in [9.17, 15) is 0 Å². The maximum absolute atomic E-state index is 3.44. The highest BCUT2D eigenvalue weighted by molar-refractivity contribution is 6.92. The molecule has 2 aromatic carbocycles. The Hall–Kier alpha value is -1.54. The molecule has 0 atom stereocenters. The van der Waals surface area contributed by atoms with Crippen molar-refractivity contribution in [3.05, 3.63) is 54.6 Å². The zero-order valence-corrected chi connectivity index (χ0v) is 14.2. The minimum atomic E-state index is -1.42. The summed E-state index contributed by atoms with van der Waals surface area (Å²) in [5.41, 5.74) is 2.28. The number of hydrogen-bond donors (Lipinski definition) is 1. The van der Waals surface area contributed by atoms with Crippen molar-refractivity contribution in [2.24, 2.45) is 0 Å². The molecule has 2 aromatic rings. The summed E-state index contributed by atoms with van der Waals surface area (Å²) in [7, 11) is -1.42. The first kappa shape index (κ1) is 14.9. The van der Waals surface area contributed by atoms with Crippen LogP contribution in [0.5, 0.6) is 0 Å². The van der Waals surface area contributed by atoms with Gasteiger partial charge in [0.2, 0.25) is 0 Å². The van der Waals surface area contributed by atoms with E-state index in [0.717, 1.165) is 11.4 Å². The molecule has 0 saturated heterocycles. The first-order valence-electron chi connectivity index (χ1n) is 7.23. The summed E-state index contributed by atoms with van der Waals surface area (Å²) in [5.74, 6) is 0. The molecule has 0 heterocycles. The molecular weight excluding hydrogens is 258 g/mol. The Morgan fingerprint density at radius 2 is 1.25 bits per heavy atom. The molecule has 0 saturated carbocycles. The lowest BCUT2D eigenvalue weighted by atomic mass is 10.2. The van der Waals surface area contributed by atoms with E-state index in [1.54, 1.807) is 0 Å². The van der Waals surface area contributed by atoms with Crippen LogP contribution in [-0.2, 0) is 0 Å². The molecule has 0 spiro atoms. The average molecular weight is 283 g/mol. The fourth-order valence-electron chi connectivity index (χ4n) is 2.09. The Morgan fingerprint density at radius 1 is 0.750 bits per heavy atom. The predicted molar refractivity (Wildman–Crippen MR) is 93.0 cm³/mol. The molecular formula is C18H25NSi. The number of nitrogens with one attached hydrogen (secondary N) is 1. The van der Waals surface area contributed by atoms with Crippen LogP contribution in [0.2, 0.25) is 18.1 Å². The minimum Gasteiger partial charge on any atom is -0.356 e. The van der Waals surface area contributed by atoms with Gasteiger partial charge in [-0.25, -0.2) is 0 Å². The number of rotatable bonds is 3. The number of anilines is 2. The van der Waals surface area contributed by atoms with E-state index in [1.807, 2.05) is 18.2 Å². The summed E-state index contributed by atoms with van der Waals surface area (Å²) in [5, 5.41) is 5.33. The van der Waals surface area contributed by atoms with E-state index >= 15 is 0 Å². The van der Waals surface area contributed by atoms with Gasteiger partial charge in [0.05, 0.1) is 8.07 Å². The molecule has 0 aromatic heterocycles. The molecule has 0 aliphatic heterocycles. The normalized spacial score (nSPS) is 12.2. The molecule has 1 N–H and O–H groups in total. The lowest BCUT2D eigenvalue weighted by Crippen LogP contribution is -2.49. The molecule has 1 nitrogen and oxygen atoms in total. The second-order valence-electron chi connectivity index (χ2n) is 6.94. The number of hydrogen-bond acceptors (Lipinski definition) is 1. The van der Waals surface area contributed by atoms with Gasteiger partial charge in [-0.05, 0) is 29.3 Å². The zero-order chi connectivity index (χ0) is 14.8. The summed E-state index contributed by atoms with van der Waals surface area (Å²) in [6.45, 7) is 12.0. The summed E-state index contributed by atoms with van der Waals surface area (Å²) in [6.07, 6.45) is 0. The smallest absolute Gasteiger partial charge is 0.0859 e. The standard InChI is InChI=1S/C18H25NSi/c1-18(2,3)20(4,5)17-13-11-16(12-14-17)19-15-9-7-6-8-10-15/h6-14,19H,1-5H3. The molecule has 0 radical (unpaired) electrons. The Morgan fingerprint density at radius 3 is 1.75 bits per heavy atom. The molecule has 2 heteroatoms. The lowest BCUT2D eigenvalue weighted by molar-refractivity contribution is 0.729. The molecule has 0 fully saturated rings. The maximum Gasteiger partial charge on any atom is 0.0859 e. The molecule has 0 amide bonds. The summed E-state index contributed by atoms with van der Waals surface area (Å²) in [6, 6.07) is 19.3. The van der Waals surface area contributed by atoms with E-state index in [-0.39, 0.29) is 0 Å². The van der Waals surface area contributed by atoms with Crippen LogP contribution in [0, 0.1) is 0 Å². The quantitative estimate of drug-likeness (QED) is 0.769. The van der Waals surface area contributed by atoms with Gasteiger partial charge in [-0.2, -0.15) is 0 Å². The molecule has 0 unspecified atom stereocenters. The molecule has 20 heavy (non-hydrogen) atoms. The predicted octanol–water partition coefficient (Wildman–Crippen LogP) is 5.15. The van der Waals surface area contributed by atoms with Crippen molar-refractivity contribution in [1.82, 2.24) is 0 Å². The first-order valence-corrected chi connectivity index (χ1v) is 10.2. The Balaban J connectivity index is 2.19. The third-order valence-electron chi connectivity index (χ3n) is 4.54. The van der Waals surface area contributed by atoms with Gasteiger partial charge in [-0.1, -0.05) is 69.4 Å². The first-order chi connectivity index (χ1) is 9.30. The van der Waals surface area contributed by atoms with E-state index in [2.05, 4.69) is 75.6 Å². The van der Waals surface area contributed by atoms with Crippen molar-refractivity contribution in [1.29, 1.82) is 0 Å². The van der Waals surface area contributed by atoms with Crippen molar-refractivity contribution >= 4 is 24.6 Å². The van der Waals surface area contributed by atoms with Crippen LogP contribution in [0.4, 0.5) is 11.4 Å². The van der Waals surface area contributed by atoms with Gasteiger partial charge >= 0.3 is 0 Å². The van der Waals surface area contributed by atoms with Crippen LogP contribution >= 0.6 is 0 Å². The largest absolute Gasteiger partial charge is 0.356 e. The van der Waals surface area contributed by atoms with E-state index in [0.29, 0.717) is 5.04 Å². The molecule has 0 aliphatic carbocycles. The van der Waals surface area contributed by atoms with Gasteiger partial charge < -0.3 is 5.32 Å². The van der Waals surface area contributed by atoms with Crippen LogP contribution < -0.4 is 10.5 Å². The zero-order valence-electron chi connectivity index (χ0n) is 13.2. The van der Waals surface area contributed by atoms with Gasteiger partial charge in [-0.15, -0.1) is 0 Å². The van der Waals surface area contributed by atoms with E-state index in [1.165, 1.54) is 5.19 Å². The van der Waals surface area contributed by atoms with E-state index in [4.69, 9.17) is 0 Å². The minimum absolute atomic E-state index is 0.376. The monoisotopic (exact) mass is 283 g/mol. The van der Waals surface area contributed by atoms with Crippen molar-refractivity contribution in [3.8, 4) is 0 Å². The van der Waals surface area contributed by atoms with Crippen molar-refractivity contribution in [2.45, 2.75) is 38.9 Å². The second kappa shape index (κ2) is 5.45. The highest BCUT2D eigenvalue weighted by Crippen LogP contribution is 2.35. The fraction of sp³-hybridized carbons (Fsp3) is 0.333. The van der Waals surface area contributed by atoms with Crippen LogP contribution in [0.25, 0.3) is 0 Å². The van der Waals surface area contributed by atoms with Gasteiger partial charge in [0.1, 0.15) is 0 Å². The highest BCUT2D eigenvalue weighted by Gasteiger charge is 2.36. The van der Waals surface area contributed by atoms with Gasteiger partial charge in [-0.3, -0.25) is 0 Å². The van der Waals surface area contributed by atoms with E-state index < -0.39 is 8.07 Å². The van der Waals surface area contributed by atoms with Crippen molar-refractivity contribution < 1.29 is 0 Å². The number of benzene rings is 2. The van der Waals surface area contributed by atoms with Gasteiger partial charge in [0.25, 0.3) is 0 Å². The lowest BCUT2D eigenvalue weighted by Gasteiger charge is -2.37. The Kier molecular flexibility index (Phi) is 4.05. The highest BCUT2D eigenvalue weighted by atomic mass is 28.3. The topological polar surface area (TPSA) is 12.0 Å². The number of para-hydroxylation sites is 1. The molecule has 2 rings (SSSR count). The molecule has 106 valence electrons.